The maximum absolute atomic E-state index is 9.37. The van der Waals surface area contributed by atoms with E-state index in [0.29, 0.717) is 0 Å². The molecule has 0 radical (unpaired) electrons. The van der Waals surface area contributed by atoms with Gasteiger partial charge in [-0.05, 0) is 37.1 Å². The highest BCUT2D eigenvalue weighted by Crippen LogP contribution is 2.19. The SMILES string of the molecule is CCC(O)CCCCSc1ccccc1. The van der Waals surface area contributed by atoms with Crippen LogP contribution in [0.3, 0.4) is 0 Å². The fourth-order valence-electron chi connectivity index (χ4n) is 1.39. The number of benzene rings is 1. The highest BCUT2D eigenvalue weighted by atomic mass is 32.2. The van der Waals surface area contributed by atoms with Crippen molar-refractivity contribution < 1.29 is 5.11 Å². The van der Waals surface area contributed by atoms with Crippen molar-refractivity contribution in [2.75, 3.05) is 5.75 Å². The zero-order valence-corrected chi connectivity index (χ0v) is 10.2. The first-order valence-corrected chi connectivity index (χ1v) is 6.67. The van der Waals surface area contributed by atoms with Gasteiger partial charge >= 0.3 is 0 Å². The highest BCUT2D eigenvalue weighted by molar-refractivity contribution is 7.99. The van der Waals surface area contributed by atoms with Crippen LogP contribution in [-0.2, 0) is 0 Å². The molecule has 0 fully saturated rings. The lowest BCUT2D eigenvalue weighted by Gasteiger charge is -2.06. The van der Waals surface area contributed by atoms with Gasteiger partial charge in [0, 0.05) is 4.90 Å². The molecule has 0 bridgehead atoms. The van der Waals surface area contributed by atoms with Gasteiger partial charge in [0.2, 0.25) is 0 Å². The quantitative estimate of drug-likeness (QED) is 0.562. The van der Waals surface area contributed by atoms with Gasteiger partial charge < -0.3 is 5.11 Å². The predicted molar refractivity (Wildman–Crippen MR) is 67.3 cm³/mol. The molecule has 0 saturated carbocycles. The number of aliphatic hydroxyl groups is 1. The van der Waals surface area contributed by atoms with Crippen LogP contribution < -0.4 is 0 Å². The van der Waals surface area contributed by atoms with E-state index in [1.165, 1.54) is 11.3 Å². The molecule has 0 aliphatic rings. The molecule has 2 heteroatoms. The molecular weight excluding hydrogens is 204 g/mol. The average Bonchev–Trinajstić information content (AvgIpc) is 2.29. The standard InChI is InChI=1S/C13H20OS/c1-2-12(14)8-6-7-11-15-13-9-4-3-5-10-13/h3-5,9-10,12,14H,2,6-8,11H2,1H3. The number of thioether (sulfide) groups is 1. The Labute approximate surface area is 96.9 Å². The fraction of sp³-hybridized carbons (Fsp3) is 0.538. The van der Waals surface area contributed by atoms with Crippen LogP contribution in [0, 0.1) is 0 Å². The van der Waals surface area contributed by atoms with Crippen LogP contribution in [0.2, 0.25) is 0 Å². The molecular formula is C13H20OS. The van der Waals surface area contributed by atoms with Gasteiger partial charge in [-0.2, -0.15) is 0 Å². The molecule has 0 heterocycles. The Hall–Kier alpha value is -0.470. The summed E-state index contributed by atoms with van der Waals surface area (Å²) in [5, 5.41) is 9.37. The molecule has 15 heavy (non-hydrogen) atoms. The normalized spacial score (nSPS) is 12.7. The molecule has 1 aromatic carbocycles. The summed E-state index contributed by atoms with van der Waals surface area (Å²) in [6.45, 7) is 2.03. The first kappa shape index (κ1) is 12.6. The lowest BCUT2D eigenvalue weighted by atomic mass is 10.1. The molecule has 1 aromatic rings. The zero-order chi connectivity index (χ0) is 10.9. The summed E-state index contributed by atoms with van der Waals surface area (Å²) in [6.07, 6.45) is 4.06. The van der Waals surface area contributed by atoms with E-state index < -0.39 is 0 Å². The monoisotopic (exact) mass is 224 g/mol. The Morgan fingerprint density at radius 1 is 1.20 bits per heavy atom. The van der Waals surface area contributed by atoms with Crippen LogP contribution >= 0.6 is 11.8 Å². The summed E-state index contributed by atoms with van der Waals surface area (Å²) in [7, 11) is 0. The number of hydrogen-bond acceptors (Lipinski definition) is 2. The van der Waals surface area contributed by atoms with Gasteiger partial charge in [0.05, 0.1) is 6.10 Å². The topological polar surface area (TPSA) is 20.2 Å². The van der Waals surface area contributed by atoms with E-state index in [0.717, 1.165) is 25.0 Å². The second kappa shape index (κ2) is 7.77. The molecule has 0 saturated heterocycles. The van der Waals surface area contributed by atoms with Crippen LogP contribution in [0.4, 0.5) is 0 Å². The van der Waals surface area contributed by atoms with Gasteiger partial charge in [0.1, 0.15) is 0 Å². The van der Waals surface area contributed by atoms with E-state index in [4.69, 9.17) is 0 Å². The Morgan fingerprint density at radius 2 is 1.93 bits per heavy atom. The first-order chi connectivity index (χ1) is 7.33. The molecule has 1 rings (SSSR count). The zero-order valence-electron chi connectivity index (χ0n) is 9.36. The minimum Gasteiger partial charge on any atom is -0.393 e. The average molecular weight is 224 g/mol. The number of unbranched alkanes of at least 4 members (excludes halogenated alkanes) is 1. The van der Waals surface area contributed by atoms with Crippen molar-refractivity contribution in [2.24, 2.45) is 0 Å². The van der Waals surface area contributed by atoms with Gasteiger partial charge in [-0.3, -0.25) is 0 Å². The van der Waals surface area contributed by atoms with E-state index in [1.807, 2.05) is 24.8 Å². The predicted octanol–water partition coefficient (Wildman–Crippen LogP) is 3.72. The minimum absolute atomic E-state index is 0.0910. The third-order valence-electron chi connectivity index (χ3n) is 2.41. The summed E-state index contributed by atoms with van der Waals surface area (Å²) in [4.78, 5) is 1.34. The number of rotatable bonds is 7. The van der Waals surface area contributed by atoms with E-state index >= 15 is 0 Å². The summed E-state index contributed by atoms with van der Waals surface area (Å²) in [6, 6.07) is 10.5. The summed E-state index contributed by atoms with van der Waals surface area (Å²) in [5.41, 5.74) is 0. The van der Waals surface area contributed by atoms with Gasteiger partial charge in [0.25, 0.3) is 0 Å². The second-order valence-corrected chi connectivity index (χ2v) is 4.89. The lowest BCUT2D eigenvalue weighted by molar-refractivity contribution is 0.157. The molecule has 1 unspecified atom stereocenters. The number of aliphatic hydroxyl groups excluding tert-OH is 1. The molecule has 84 valence electrons. The van der Waals surface area contributed by atoms with Crippen molar-refractivity contribution in [1.29, 1.82) is 0 Å². The van der Waals surface area contributed by atoms with Crippen LogP contribution in [0.5, 0.6) is 0 Å². The third kappa shape index (κ3) is 5.85. The molecule has 0 aliphatic carbocycles. The molecule has 1 N–H and O–H groups in total. The van der Waals surface area contributed by atoms with E-state index in [1.54, 1.807) is 0 Å². The largest absolute Gasteiger partial charge is 0.393 e. The smallest absolute Gasteiger partial charge is 0.0537 e. The Balaban J connectivity index is 2.03. The summed E-state index contributed by atoms with van der Waals surface area (Å²) in [5.74, 6) is 1.15. The summed E-state index contributed by atoms with van der Waals surface area (Å²) < 4.78 is 0. The third-order valence-corrected chi connectivity index (χ3v) is 3.51. The molecule has 0 spiro atoms. The lowest BCUT2D eigenvalue weighted by Crippen LogP contribution is -2.03. The number of hydrogen-bond donors (Lipinski definition) is 1. The van der Waals surface area contributed by atoms with Crippen LogP contribution in [0.15, 0.2) is 35.2 Å². The van der Waals surface area contributed by atoms with E-state index in [-0.39, 0.29) is 6.10 Å². The Kier molecular flexibility index (Phi) is 6.53. The van der Waals surface area contributed by atoms with E-state index in [9.17, 15) is 5.11 Å². The molecule has 0 aromatic heterocycles. The molecule has 0 amide bonds. The van der Waals surface area contributed by atoms with Crippen LogP contribution in [0.25, 0.3) is 0 Å². The molecule has 1 nitrogen and oxygen atoms in total. The minimum atomic E-state index is -0.0910. The fourth-order valence-corrected chi connectivity index (χ4v) is 2.33. The van der Waals surface area contributed by atoms with Crippen molar-refractivity contribution in [1.82, 2.24) is 0 Å². The van der Waals surface area contributed by atoms with Gasteiger partial charge in [-0.15, -0.1) is 11.8 Å². The molecule has 1 atom stereocenters. The first-order valence-electron chi connectivity index (χ1n) is 5.69. The van der Waals surface area contributed by atoms with Gasteiger partial charge in [-0.1, -0.05) is 31.5 Å². The summed E-state index contributed by atoms with van der Waals surface area (Å²) >= 11 is 1.90. The van der Waals surface area contributed by atoms with Crippen molar-refractivity contribution in [3.8, 4) is 0 Å². The van der Waals surface area contributed by atoms with Gasteiger partial charge in [0.15, 0.2) is 0 Å². The Morgan fingerprint density at radius 3 is 2.60 bits per heavy atom. The van der Waals surface area contributed by atoms with Crippen LogP contribution in [-0.4, -0.2) is 17.0 Å². The maximum Gasteiger partial charge on any atom is 0.0537 e. The second-order valence-electron chi connectivity index (χ2n) is 3.72. The van der Waals surface area contributed by atoms with Gasteiger partial charge in [-0.25, -0.2) is 0 Å². The van der Waals surface area contributed by atoms with Crippen molar-refractivity contribution in [3.63, 3.8) is 0 Å². The van der Waals surface area contributed by atoms with Crippen molar-refractivity contribution >= 4 is 11.8 Å². The van der Waals surface area contributed by atoms with Crippen molar-refractivity contribution in [2.45, 2.75) is 43.6 Å². The maximum atomic E-state index is 9.37. The van der Waals surface area contributed by atoms with Crippen molar-refractivity contribution in [3.05, 3.63) is 30.3 Å². The Bertz CT molecular complexity index is 248. The van der Waals surface area contributed by atoms with E-state index in [2.05, 4.69) is 24.3 Å². The van der Waals surface area contributed by atoms with Crippen LogP contribution in [0.1, 0.15) is 32.6 Å². The molecule has 0 aliphatic heterocycles. The highest BCUT2D eigenvalue weighted by Gasteiger charge is 1.99.